The first-order chi connectivity index (χ1) is 14.5. The minimum Gasteiger partial charge on any atom is -0.480 e. The highest BCUT2D eigenvalue weighted by Gasteiger charge is 2.27. The van der Waals surface area contributed by atoms with Gasteiger partial charge in [-0.1, -0.05) is 6.07 Å². The van der Waals surface area contributed by atoms with Gasteiger partial charge in [-0.2, -0.15) is 0 Å². The summed E-state index contributed by atoms with van der Waals surface area (Å²) in [6.45, 7) is 0. The maximum absolute atomic E-state index is 13.4. The van der Waals surface area contributed by atoms with Crippen LogP contribution in [-0.4, -0.2) is 36.0 Å². The molecule has 0 radical (unpaired) electrons. The molecule has 0 spiro atoms. The van der Waals surface area contributed by atoms with Gasteiger partial charge in [0.25, 0.3) is 11.8 Å². The van der Waals surface area contributed by atoms with E-state index in [4.69, 9.17) is 4.74 Å². The van der Waals surface area contributed by atoms with Crippen LogP contribution in [0.2, 0.25) is 0 Å². The van der Waals surface area contributed by atoms with Crippen molar-refractivity contribution in [1.82, 2.24) is 15.6 Å². The van der Waals surface area contributed by atoms with Crippen molar-refractivity contribution < 1.29 is 18.7 Å². The number of halogens is 1. The molecule has 0 saturated heterocycles. The molecule has 1 aromatic heterocycles. The molecule has 1 saturated carbocycles. The molecule has 2 aliphatic carbocycles. The number of nitrogens with one attached hydrogen (secondary N) is 2. The topological polar surface area (TPSA) is 80.3 Å². The van der Waals surface area contributed by atoms with Crippen molar-refractivity contribution in [3.63, 3.8) is 0 Å². The van der Waals surface area contributed by atoms with Gasteiger partial charge in [-0.05, 0) is 74.8 Å². The molecular formula is C23H26FN3O3. The van der Waals surface area contributed by atoms with Crippen molar-refractivity contribution >= 4 is 11.8 Å². The van der Waals surface area contributed by atoms with Gasteiger partial charge in [0.2, 0.25) is 5.88 Å². The van der Waals surface area contributed by atoms with E-state index in [1.165, 1.54) is 25.3 Å². The Kier molecular flexibility index (Phi) is 5.97. The molecule has 4 rings (SSSR count). The Balaban J connectivity index is 1.39. The fourth-order valence-corrected chi connectivity index (χ4v) is 4.38. The van der Waals surface area contributed by atoms with Crippen molar-refractivity contribution in [2.75, 3.05) is 7.11 Å². The molecule has 2 atom stereocenters. The first kappa shape index (κ1) is 20.3. The summed E-state index contributed by atoms with van der Waals surface area (Å²) in [5.41, 5.74) is 2.89. The highest BCUT2D eigenvalue weighted by molar-refractivity contribution is 5.97. The number of rotatable bonds is 5. The van der Waals surface area contributed by atoms with E-state index in [9.17, 15) is 14.0 Å². The monoisotopic (exact) mass is 411 g/mol. The third kappa shape index (κ3) is 4.45. The Bertz CT molecular complexity index is 963. The molecular weight excluding hydrogens is 385 g/mol. The van der Waals surface area contributed by atoms with Crippen LogP contribution >= 0.6 is 0 Å². The lowest BCUT2D eigenvalue weighted by atomic mass is 9.90. The highest BCUT2D eigenvalue weighted by atomic mass is 19.1. The molecule has 6 nitrogen and oxygen atoms in total. The SMILES string of the molecule is COc1nc2c(cc1C(=O)N[C@@H]1CCC[C@@H](NC(=O)c3cccc(F)c3)C1)CCC2. The maximum atomic E-state index is 13.4. The molecule has 2 aliphatic rings. The van der Waals surface area contributed by atoms with E-state index < -0.39 is 5.82 Å². The van der Waals surface area contributed by atoms with E-state index in [1.54, 1.807) is 6.07 Å². The number of pyridine rings is 1. The first-order valence-corrected chi connectivity index (χ1v) is 10.5. The van der Waals surface area contributed by atoms with Crippen molar-refractivity contribution in [2.45, 2.75) is 57.0 Å². The minimum atomic E-state index is -0.437. The van der Waals surface area contributed by atoms with Gasteiger partial charge in [0.15, 0.2) is 0 Å². The number of benzene rings is 1. The molecule has 158 valence electrons. The van der Waals surface area contributed by atoms with Gasteiger partial charge in [-0.15, -0.1) is 0 Å². The molecule has 2 N–H and O–H groups in total. The largest absolute Gasteiger partial charge is 0.480 e. The smallest absolute Gasteiger partial charge is 0.256 e. The number of carbonyl (C=O) groups is 2. The third-order valence-corrected chi connectivity index (χ3v) is 5.89. The van der Waals surface area contributed by atoms with Crippen molar-refractivity contribution in [3.05, 3.63) is 58.5 Å². The zero-order valence-corrected chi connectivity index (χ0v) is 17.0. The molecule has 0 aliphatic heterocycles. The molecule has 1 fully saturated rings. The number of carbonyl (C=O) groups excluding carboxylic acids is 2. The Morgan fingerprint density at radius 2 is 1.83 bits per heavy atom. The third-order valence-electron chi connectivity index (χ3n) is 5.89. The van der Waals surface area contributed by atoms with E-state index in [2.05, 4.69) is 15.6 Å². The normalized spacial score (nSPS) is 20.3. The van der Waals surface area contributed by atoms with Crippen LogP contribution < -0.4 is 15.4 Å². The van der Waals surface area contributed by atoms with Gasteiger partial charge < -0.3 is 15.4 Å². The minimum absolute atomic E-state index is 0.0537. The molecule has 1 heterocycles. The molecule has 0 unspecified atom stereocenters. The van der Waals surface area contributed by atoms with Gasteiger partial charge in [0, 0.05) is 23.3 Å². The quantitative estimate of drug-likeness (QED) is 0.792. The fraction of sp³-hybridized carbons (Fsp3) is 0.435. The number of aryl methyl sites for hydroxylation is 2. The number of amides is 2. The second-order valence-electron chi connectivity index (χ2n) is 8.02. The van der Waals surface area contributed by atoms with Crippen LogP contribution in [-0.2, 0) is 12.8 Å². The number of aromatic nitrogens is 1. The summed E-state index contributed by atoms with van der Waals surface area (Å²) in [4.78, 5) is 29.8. The van der Waals surface area contributed by atoms with Crippen LogP contribution in [0.4, 0.5) is 4.39 Å². The molecule has 0 bridgehead atoms. The van der Waals surface area contributed by atoms with Crippen LogP contribution in [0.1, 0.15) is 64.1 Å². The van der Waals surface area contributed by atoms with Gasteiger partial charge in [-0.3, -0.25) is 9.59 Å². The van der Waals surface area contributed by atoms with Crippen molar-refractivity contribution in [2.24, 2.45) is 0 Å². The summed E-state index contributed by atoms with van der Waals surface area (Å²) in [5.74, 6) is -0.569. The van der Waals surface area contributed by atoms with Crippen molar-refractivity contribution in [1.29, 1.82) is 0 Å². The zero-order chi connectivity index (χ0) is 21.1. The summed E-state index contributed by atoms with van der Waals surface area (Å²) in [6, 6.07) is 7.42. The number of fused-ring (bicyclic) bond motifs is 1. The predicted molar refractivity (Wildman–Crippen MR) is 110 cm³/mol. The summed E-state index contributed by atoms with van der Waals surface area (Å²) in [5, 5.41) is 6.05. The Morgan fingerprint density at radius 3 is 2.57 bits per heavy atom. The molecule has 7 heteroatoms. The summed E-state index contributed by atoms with van der Waals surface area (Å²) in [7, 11) is 1.53. The Hall–Kier alpha value is -2.96. The summed E-state index contributed by atoms with van der Waals surface area (Å²) < 4.78 is 18.7. The first-order valence-electron chi connectivity index (χ1n) is 10.5. The van der Waals surface area contributed by atoms with Gasteiger partial charge >= 0.3 is 0 Å². The number of nitrogens with zero attached hydrogens (tertiary/aromatic N) is 1. The summed E-state index contributed by atoms with van der Waals surface area (Å²) in [6.07, 6.45) is 6.10. The van der Waals surface area contributed by atoms with Gasteiger partial charge in [-0.25, -0.2) is 9.37 Å². The average molecular weight is 411 g/mol. The summed E-state index contributed by atoms with van der Waals surface area (Å²) >= 11 is 0. The van der Waals surface area contributed by atoms with E-state index >= 15 is 0 Å². The van der Waals surface area contributed by atoms with Crippen LogP contribution in [0.25, 0.3) is 0 Å². The zero-order valence-electron chi connectivity index (χ0n) is 17.0. The predicted octanol–water partition coefficient (Wildman–Crippen LogP) is 3.19. The number of ether oxygens (including phenoxy) is 1. The number of methoxy groups -OCH3 is 1. The molecule has 2 amide bonds. The van der Waals surface area contributed by atoms with Crippen LogP contribution in [0.3, 0.4) is 0 Å². The number of hydrogen-bond acceptors (Lipinski definition) is 4. The van der Waals surface area contributed by atoms with Crippen LogP contribution in [0.15, 0.2) is 30.3 Å². The second-order valence-corrected chi connectivity index (χ2v) is 8.02. The van der Waals surface area contributed by atoms with E-state index in [1.807, 2.05) is 6.07 Å². The average Bonchev–Trinajstić information content (AvgIpc) is 3.20. The fourth-order valence-electron chi connectivity index (χ4n) is 4.38. The van der Waals surface area contributed by atoms with Gasteiger partial charge in [0.05, 0.1) is 7.11 Å². The van der Waals surface area contributed by atoms with E-state index in [-0.39, 0.29) is 23.9 Å². The molecule has 30 heavy (non-hydrogen) atoms. The lowest BCUT2D eigenvalue weighted by Crippen LogP contribution is -2.45. The standard InChI is InChI=1S/C23H26FN3O3/c1-30-23-19(12-14-5-3-10-20(14)27-23)22(29)26-18-9-4-8-17(13-18)25-21(28)15-6-2-7-16(24)11-15/h2,6-7,11-12,17-18H,3-5,8-10,13H2,1H3,(H,25,28)(H,26,29)/t17-,18-/m1/s1. The lowest BCUT2D eigenvalue weighted by molar-refractivity contribution is 0.0901. The van der Waals surface area contributed by atoms with Crippen LogP contribution in [0, 0.1) is 5.82 Å². The second kappa shape index (κ2) is 8.81. The van der Waals surface area contributed by atoms with E-state index in [0.717, 1.165) is 49.8 Å². The lowest BCUT2D eigenvalue weighted by Gasteiger charge is -2.30. The highest BCUT2D eigenvalue weighted by Crippen LogP contribution is 2.27. The molecule has 1 aromatic carbocycles. The van der Waals surface area contributed by atoms with Gasteiger partial charge in [0.1, 0.15) is 11.4 Å². The van der Waals surface area contributed by atoms with Crippen LogP contribution in [0.5, 0.6) is 5.88 Å². The Labute approximate surface area is 175 Å². The molecule has 2 aromatic rings. The van der Waals surface area contributed by atoms with Crippen molar-refractivity contribution in [3.8, 4) is 5.88 Å². The van der Waals surface area contributed by atoms with E-state index in [0.29, 0.717) is 23.4 Å². The Morgan fingerprint density at radius 1 is 1.07 bits per heavy atom. The maximum Gasteiger partial charge on any atom is 0.256 e. The number of hydrogen-bond donors (Lipinski definition) is 2.